The molecule has 4 unspecified atom stereocenters. The van der Waals surface area contributed by atoms with Crippen LogP contribution in [0.4, 0.5) is 8.78 Å². The molecule has 0 bridgehead atoms. The van der Waals surface area contributed by atoms with Crippen molar-refractivity contribution >= 4 is 5.91 Å². The Bertz CT molecular complexity index is 563. The van der Waals surface area contributed by atoms with Crippen LogP contribution in [0.25, 0.3) is 0 Å². The van der Waals surface area contributed by atoms with Gasteiger partial charge in [0.1, 0.15) is 6.17 Å². The summed E-state index contributed by atoms with van der Waals surface area (Å²) in [7, 11) is 0. The van der Waals surface area contributed by atoms with E-state index in [1.165, 1.54) is 6.07 Å². The molecule has 2 fully saturated rings. The van der Waals surface area contributed by atoms with Crippen LogP contribution in [0.2, 0.25) is 0 Å². The van der Waals surface area contributed by atoms with Gasteiger partial charge in [-0.1, -0.05) is 13.0 Å². The van der Waals surface area contributed by atoms with Crippen LogP contribution in [0, 0.1) is 17.6 Å². The van der Waals surface area contributed by atoms with Crippen LogP contribution in [0.15, 0.2) is 18.2 Å². The molecule has 21 heavy (non-hydrogen) atoms. The first-order valence-corrected chi connectivity index (χ1v) is 7.50. The van der Waals surface area contributed by atoms with Crippen LogP contribution >= 0.6 is 0 Å². The molecule has 1 aromatic carbocycles. The van der Waals surface area contributed by atoms with Gasteiger partial charge in [0.05, 0.1) is 6.04 Å². The zero-order chi connectivity index (χ0) is 15.1. The number of carbonyl (C=O) groups excluding carboxylic acids is 1. The summed E-state index contributed by atoms with van der Waals surface area (Å²) in [6.45, 7) is 4.00. The minimum absolute atomic E-state index is 0.0452. The van der Waals surface area contributed by atoms with Crippen LogP contribution in [0.5, 0.6) is 0 Å². The minimum atomic E-state index is -0.874. The summed E-state index contributed by atoms with van der Waals surface area (Å²) in [5, 5.41) is 3.20. The Kier molecular flexibility index (Phi) is 3.69. The van der Waals surface area contributed by atoms with E-state index in [-0.39, 0.29) is 24.2 Å². The fraction of sp³-hybridized carbons (Fsp3) is 0.562. The average Bonchev–Trinajstić information content (AvgIpc) is 2.98. The highest BCUT2D eigenvalue weighted by molar-refractivity contribution is 5.84. The summed E-state index contributed by atoms with van der Waals surface area (Å²) in [4.78, 5) is 14.3. The Morgan fingerprint density at radius 3 is 2.57 bits per heavy atom. The molecule has 0 spiro atoms. The summed E-state index contributed by atoms with van der Waals surface area (Å²) in [6, 6.07) is 3.74. The third-order valence-electron chi connectivity index (χ3n) is 4.63. The monoisotopic (exact) mass is 294 g/mol. The number of nitrogens with one attached hydrogen (secondary N) is 1. The summed E-state index contributed by atoms with van der Waals surface area (Å²) >= 11 is 0. The first kappa shape index (κ1) is 14.4. The van der Waals surface area contributed by atoms with Crippen LogP contribution in [0.1, 0.15) is 44.8 Å². The highest BCUT2D eigenvalue weighted by Gasteiger charge is 2.43. The predicted octanol–water partition coefficient (Wildman–Crippen LogP) is 2.97. The average molecular weight is 294 g/mol. The molecule has 1 aromatic rings. The fourth-order valence-corrected chi connectivity index (χ4v) is 3.50. The van der Waals surface area contributed by atoms with Crippen molar-refractivity contribution in [3.63, 3.8) is 0 Å². The molecule has 1 saturated heterocycles. The zero-order valence-corrected chi connectivity index (χ0v) is 12.3. The standard InChI is InChI=1S/C16H20F2N2O/c1-9-3-5-12(7-9)20-15(19-10(2)16(20)21)11-4-6-13(17)14(18)8-11/h4,6,8-10,12,15,19H,3,5,7H2,1-2H3. The van der Waals surface area contributed by atoms with E-state index in [1.807, 2.05) is 11.8 Å². The molecule has 5 heteroatoms. The Hall–Kier alpha value is -1.49. The predicted molar refractivity (Wildman–Crippen MR) is 75.3 cm³/mol. The molecule has 3 nitrogen and oxygen atoms in total. The van der Waals surface area contributed by atoms with E-state index >= 15 is 0 Å². The molecule has 1 N–H and O–H groups in total. The fourth-order valence-electron chi connectivity index (χ4n) is 3.50. The lowest BCUT2D eigenvalue weighted by molar-refractivity contribution is -0.132. The van der Waals surface area contributed by atoms with Gasteiger partial charge in [0.25, 0.3) is 0 Å². The van der Waals surface area contributed by atoms with Crippen LogP contribution < -0.4 is 5.32 Å². The van der Waals surface area contributed by atoms with Crippen molar-refractivity contribution in [1.29, 1.82) is 0 Å². The second-order valence-electron chi connectivity index (χ2n) is 6.28. The molecule has 1 saturated carbocycles. The number of rotatable bonds is 2. The summed E-state index contributed by atoms with van der Waals surface area (Å²) in [6.07, 6.45) is 2.69. The molecule has 1 aliphatic carbocycles. The number of amides is 1. The SMILES string of the molecule is CC1CCC(N2C(=O)C(C)NC2c2ccc(F)c(F)c2)C1. The molecule has 1 heterocycles. The number of benzene rings is 1. The first-order chi connectivity index (χ1) is 9.97. The molecule has 3 rings (SSSR count). The summed E-state index contributed by atoms with van der Waals surface area (Å²) < 4.78 is 26.6. The van der Waals surface area contributed by atoms with E-state index in [9.17, 15) is 13.6 Å². The van der Waals surface area contributed by atoms with Gasteiger partial charge in [-0.3, -0.25) is 10.1 Å². The van der Waals surface area contributed by atoms with Crippen molar-refractivity contribution in [2.75, 3.05) is 0 Å². The van der Waals surface area contributed by atoms with Crippen molar-refractivity contribution in [2.24, 2.45) is 5.92 Å². The minimum Gasteiger partial charge on any atom is -0.319 e. The lowest BCUT2D eigenvalue weighted by atomic mass is 10.1. The number of hydrogen-bond donors (Lipinski definition) is 1. The summed E-state index contributed by atoms with van der Waals surface area (Å²) in [5.41, 5.74) is 0.603. The van der Waals surface area contributed by atoms with Gasteiger partial charge in [0.15, 0.2) is 11.6 Å². The molecule has 114 valence electrons. The third kappa shape index (κ3) is 2.55. The molecular weight excluding hydrogens is 274 g/mol. The van der Waals surface area contributed by atoms with Gasteiger partial charge in [-0.05, 0) is 49.8 Å². The van der Waals surface area contributed by atoms with Gasteiger partial charge < -0.3 is 4.90 Å². The Balaban J connectivity index is 1.91. The molecule has 1 amide bonds. The van der Waals surface area contributed by atoms with Crippen molar-refractivity contribution in [3.05, 3.63) is 35.4 Å². The van der Waals surface area contributed by atoms with E-state index in [0.29, 0.717) is 11.5 Å². The van der Waals surface area contributed by atoms with Gasteiger partial charge in [-0.25, -0.2) is 8.78 Å². The number of carbonyl (C=O) groups is 1. The second kappa shape index (κ2) is 5.37. The third-order valence-corrected chi connectivity index (χ3v) is 4.63. The Labute approximate surface area is 123 Å². The van der Waals surface area contributed by atoms with Crippen LogP contribution in [0.3, 0.4) is 0 Å². The Morgan fingerprint density at radius 2 is 1.95 bits per heavy atom. The molecule has 2 aliphatic rings. The normalized spacial score (nSPS) is 33.0. The lowest BCUT2D eigenvalue weighted by Crippen LogP contribution is -2.38. The van der Waals surface area contributed by atoms with Crippen molar-refractivity contribution in [3.8, 4) is 0 Å². The topological polar surface area (TPSA) is 32.3 Å². The van der Waals surface area contributed by atoms with Crippen LogP contribution in [-0.2, 0) is 4.79 Å². The quantitative estimate of drug-likeness (QED) is 0.909. The maximum atomic E-state index is 13.5. The van der Waals surface area contributed by atoms with E-state index in [0.717, 1.165) is 25.3 Å². The van der Waals surface area contributed by atoms with Gasteiger partial charge in [-0.15, -0.1) is 0 Å². The van der Waals surface area contributed by atoms with Gasteiger partial charge in [0.2, 0.25) is 5.91 Å². The molecule has 0 aromatic heterocycles. The largest absolute Gasteiger partial charge is 0.319 e. The van der Waals surface area contributed by atoms with Crippen molar-refractivity contribution < 1.29 is 13.6 Å². The maximum absolute atomic E-state index is 13.5. The highest BCUT2D eigenvalue weighted by Crippen LogP contribution is 2.36. The number of halogens is 2. The van der Waals surface area contributed by atoms with E-state index < -0.39 is 11.6 Å². The highest BCUT2D eigenvalue weighted by atomic mass is 19.2. The van der Waals surface area contributed by atoms with E-state index in [2.05, 4.69) is 12.2 Å². The summed E-state index contributed by atoms with van der Waals surface area (Å²) in [5.74, 6) is -1.09. The second-order valence-corrected chi connectivity index (χ2v) is 6.28. The lowest BCUT2D eigenvalue weighted by Gasteiger charge is -2.30. The number of hydrogen-bond acceptors (Lipinski definition) is 2. The molecule has 0 radical (unpaired) electrons. The van der Waals surface area contributed by atoms with Gasteiger partial charge in [0, 0.05) is 6.04 Å². The Morgan fingerprint density at radius 1 is 1.19 bits per heavy atom. The zero-order valence-electron chi connectivity index (χ0n) is 12.3. The molecule has 1 aliphatic heterocycles. The number of nitrogens with zero attached hydrogens (tertiary/aromatic N) is 1. The van der Waals surface area contributed by atoms with E-state index in [1.54, 1.807) is 6.07 Å². The van der Waals surface area contributed by atoms with Crippen molar-refractivity contribution in [2.45, 2.75) is 51.4 Å². The maximum Gasteiger partial charge on any atom is 0.241 e. The van der Waals surface area contributed by atoms with Crippen LogP contribution in [-0.4, -0.2) is 22.9 Å². The molecule has 4 atom stereocenters. The van der Waals surface area contributed by atoms with Gasteiger partial charge >= 0.3 is 0 Å². The van der Waals surface area contributed by atoms with Gasteiger partial charge in [-0.2, -0.15) is 0 Å². The smallest absolute Gasteiger partial charge is 0.241 e. The van der Waals surface area contributed by atoms with Crippen molar-refractivity contribution in [1.82, 2.24) is 10.2 Å². The van der Waals surface area contributed by atoms with E-state index in [4.69, 9.17) is 0 Å². The first-order valence-electron chi connectivity index (χ1n) is 7.50. The molecular formula is C16H20F2N2O.